The number of pyridine rings is 1. The molecule has 1 atom stereocenters. The Bertz CT molecular complexity index is 673. The minimum Gasteiger partial charge on any atom is -0.461 e. The number of nitrogens with zero attached hydrogens (tertiary/aromatic N) is 1. The van der Waals surface area contributed by atoms with Crippen molar-refractivity contribution in [1.82, 2.24) is 4.98 Å². The monoisotopic (exact) mass is 293 g/mol. The van der Waals surface area contributed by atoms with Gasteiger partial charge in [-0.05, 0) is 42.0 Å². The van der Waals surface area contributed by atoms with Gasteiger partial charge >= 0.3 is 0 Å². The average Bonchev–Trinajstić information content (AvgIpc) is 2.90. The second-order valence-electron chi connectivity index (χ2n) is 6.27. The molecule has 1 aliphatic heterocycles. The molecule has 2 nitrogen and oxygen atoms in total. The van der Waals surface area contributed by atoms with Crippen LogP contribution in [0.1, 0.15) is 49.9 Å². The zero-order valence-electron chi connectivity index (χ0n) is 13.5. The quantitative estimate of drug-likeness (QED) is 0.772. The van der Waals surface area contributed by atoms with Crippen LogP contribution in [0.3, 0.4) is 0 Å². The van der Waals surface area contributed by atoms with Gasteiger partial charge in [-0.2, -0.15) is 0 Å². The van der Waals surface area contributed by atoms with Gasteiger partial charge in [0.1, 0.15) is 11.5 Å². The average molecular weight is 293 g/mol. The summed E-state index contributed by atoms with van der Waals surface area (Å²) in [4.78, 5) is 4.33. The van der Waals surface area contributed by atoms with Crippen molar-refractivity contribution in [2.45, 2.75) is 39.5 Å². The third-order valence-electron chi connectivity index (χ3n) is 4.37. The topological polar surface area (TPSA) is 22.1 Å². The molecule has 1 aliphatic rings. The van der Waals surface area contributed by atoms with Crippen molar-refractivity contribution >= 4 is 6.08 Å². The molecule has 2 aromatic rings. The summed E-state index contributed by atoms with van der Waals surface area (Å²) in [7, 11) is 0. The van der Waals surface area contributed by atoms with Crippen LogP contribution in [0.25, 0.3) is 6.08 Å². The van der Waals surface area contributed by atoms with Crippen molar-refractivity contribution < 1.29 is 4.74 Å². The SMILES string of the molecule is CCC(c1ccc2c(c1)OC(=Cc1ccccn1)C2)C(C)C. The fraction of sp³-hybridized carbons (Fsp3) is 0.350. The fourth-order valence-electron chi connectivity index (χ4n) is 3.21. The molecule has 0 N–H and O–H groups in total. The summed E-state index contributed by atoms with van der Waals surface area (Å²) in [5.41, 5.74) is 3.60. The van der Waals surface area contributed by atoms with Crippen LogP contribution in [-0.4, -0.2) is 4.98 Å². The number of ether oxygens (including phenoxy) is 1. The Balaban J connectivity index is 1.83. The van der Waals surface area contributed by atoms with Gasteiger partial charge in [0.05, 0.1) is 5.69 Å². The lowest BCUT2D eigenvalue weighted by Gasteiger charge is -2.19. The molecule has 0 fully saturated rings. The van der Waals surface area contributed by atoms with E-state index in [0.29, 0.717) is 11.8 Å². The van der Waals surface area contributed by atoms with Crippen LogP contribution < -0.4 is 4.74 Å². The van der Waals surface area contributed by atoms with Crippen LogP contribution in [0.4, 0.5) is 0 Å². The van der Waals surface area contributed by atoms with Gasteiger partial charge in [-0.25, -0.2) is 0 Å². The summed E-state index contributed by atoms with van der Waals surface area (Å²) in [5, 5.41) is 0. The molecule has 0 aliphatic carbocycles. The van der Waals surface area contributed by atoms with E-state index in [-0.39, 0.29) is 0 Å². The normalized spacial score (nSPS) is 16.6. The summed E-state index contributed by atoms with van der Waals surface area (Å²) >= 11 is 0. The molecule has 3 rings (SSSR count). The molecule has 0 saturated heterocycles. The van der Waals surface area contributed by atoms with Gasteiger partial charge in [0, 0.05) is 24.3 Å². The number of hydrogen-bond donors (Lipinski definition) is 0. The Morgan fingerprint density at radius 1 is 1.23 bits per heavy atom. The largest absolute Gasteiger partial charge is 0.461 e. The summed E-state index contributed by atoms with van der Waals surface area (Å²) in [5.74, 6) is 3.23. The van der Waals surface area contributed by atoms with E-state index < -0.39 is 0 Å². The molecule has 0 bridgehead atoms. The third-order valence-corrected chi connectivity index (χ3v) is 4.37. The maximum Gasteiger partial charge on any atom is 0.130 e. The molecule has 0 radical (unpaired) electrons. The minimum atomic E-state index is 0.595. The first-order chi connectivity index (χ1) is 10.7. The maximum atomic E-state index is 6.05. The Labute approximate surface area is 132 Å². The Morgan fingerprint density at radius 2 is 2.09 bits per heavy atom. The number of hydrogen-bond acceptors (Lipinski definition) is 2. The standard InChI is InChI=1S/C20H23NO/c1-4-19(14(2)3)15-8-9-16-11-18(22-20(16)12-15)13-17-7-5-6-10-21-17/h5-10,12-14,19H,4,11H2,1-3H3. The minimum absolute atomic E-state index is 0.595. The maximum absolute atomic E-state index is 6.05. The molecule has 2 heterocycles. The fourth-order valence-corrected chi connectivity index (χ4v) is 3.21. The van der Waals surface area contributed by atoms with E-state index in [1.54, 1.807) is 6.20 Å². The first kappa shape index (κ1) is 14.8. The lowest BCUT2D eigenvalue weighted by Crippen LogP contribution is -2.05. The highest BCUT2D eigenvalue weighted by Gasteiger charge is 2.21. The predicted octanol–water partition coefficient (Wildman–Crippen LogP) is 5.21. The Hall–Kier alpha value is -2.09. The van der Waals surface area contributed by atoms with E-state index in [9.17, 15) is 0 Å². The zero-order chi connectivity index (χ0) is 15.5. The molecule has 1 aromatic heterocycles. The smallest absolute Gasteiger partial charge is 0.130 e. The number of allylic oxidation sites excluding steroid dienone is 1. The van der Waals surface area contributed by atoms with Gasteiger partial charge in [0.25, 0.3) is 0 Å². The second-order valence-corrected chi connectivity index (χ2v) is 6.27. The van der Waals surface area contributed by atoms with Crippen LogP contribution in [0, 0.1) is 5.92 Å². The van der Waals surface area contributed by atoms with Crippen LogP contribution in [0.15, 0.2) is 48.4 Å². The molecule has 1 aromatic carbocycles. The highest BCUT2D eigenvalue weighted by atomic mass is 16.5. The first-order valence-corrected chi connectivity index (χ1v) is 8.09. The molecule has 22 heavy (non-hydrogen) atoms. The van der Waals surface area contributed by atoms with Crippen LogP contribution in [0.2, 0.25) is 0 Å². The lowest BCUT2D eigenvalue weighted by atomic mass is 9.86. The molecule has 114 valence electrons. The highest BCUT2D eigenvalue weighted by Crippen LogP contribution is 2.36. The predicted molar refractivity (Wildman–Crippen MR) is 90.9 cm³/mol. The molecule has 0 amide bonds. The van der Waals surface area contributed by atoms with E-state index in [2.05, 4.69) is 44.0 Å². The highest BCUT2D eigenvalue weighted by molar-refractivity contribution is 5.54. The van der Waals surface area contributed by atoms with Crippen molar-refractivity contribution in [1.29, 1.82) is 0 Å². The third kappa shape index (κ3) is 3.06. The number of fused-ring (bicyclic) bond motifs is 1. The Kier molecular flexibility index (Phi) is 4.28. The molecular formula is C20H23NO. The summed E-state index contributed by atoms with van der Waals surface area (Å²) < 4.78 is 6.05. The first-order valence-electron chi connectivity index (χ1n) is 8.09. The van der Waals surface area contributed by atoms with Gasteiger partial charge in [-0.1, -0.05) is 39.0 Å². The molecule has 0 spiro atoms. The van der Waals surface area contributed by atoms with Crippen molar-refractivity contribution in [2.24, 2.45) is 5.92 Å². The number of aromatic nitrogens is 1. The molecule has 0 saturated carbocycles. The van der Waals surface area contributed by atoms with Gasteiger partial charge in [-0.15, -0.1) is 0 Å². The number of rotatable bonds is 4. The van der Waals surface area contributed by atoms with Crippen LogP contribution in [0.5, 0.6) is 5.75 Å². The molecule has 2 heteroatoms. The van der Waals surface area contributed by atoms with Gasteiger partial charge < -0.3 is 4.74 Å². The van der Waals surface area contributed by atoms with Gasteiger partial charge in [0.15, 0.2) is 0 Å². The Morgan fingerprint density at radius 3 is 2.77 bits per heavy atom. The zero-order valence-corrected chi connectivity index (χ0v) is 13.5. The van der Waals surface area contributed by atoms with Crippen molar-refractivity contribution in [3.8, 4) is 5.75 Å². The van der Waals surface area contributed by atoms with E-state index in [1.165, 1.54) is 11.1 Å². The molecular weight excluding hydrogens is 270 g/mol. The summed E-state index contributed by atoms with van der Waals surface area (Å²) in [6, 6.07) is 12.6. The van der Waals surface area contributed by atoms with E-state index >= 15 is 0 Å². The van der Waals surface area contributed by atoms with E-state index in [0.717, 1.165) is 30.0 Å². The van der Waals surface area contributed by atoms with Gasteiger partial charge in [-0.3, -0.25) is 4.98 Å². The van der Waals surface area contributed by atoms with Gasteiger partial charge in [0.2, 0.25) is 0 Å². The number of benzene rings is 1. The lowest BCUT2D eigenvalue weighted by molar-refractivity contribution is 0.446. The van der Waals surface area contributed by atoms with Crippen molar-refractivity contribution in [3.05, 3.63) is 65.2 Å². The van der Waals surface area contributed by atoms with Crippen LogP contribution >= 0.6 is 0 Å². The second kappa shape index (κ2) is 6.35. The molecule has 1 unspecified atom stereocenters. The van der Waals surface area contributed by atoms with E-state index in [4.69, 9.17) is 4.74 Å². The summed E-state index contributed by atoms with van der Waals surface area (Å²) in [6.45, 7) is 6.83. The van der Waals surface area contributed by atoms with E-state index in [1.807, 2.05) is 24.3 Å². The summed E-state index contributed by atoms with van der Waals surface area (Å²) in [6.07, 6.45) is 5.85. The van der Waals surface area contributed by atoms with Crippen molar-refractivity contribution in [3.63, 3.8) is 0 Å². The van der Waals surface area contributed by atoms with Crippen molar-refractivity contribution in [2.75, 3.05) is 0 Å². The van der Waals surface area contributed by atoms with Crippen LogP contribution in [-0.2, 0) is 6.42 Å².